The van der Waals surface area contributed by atoms with Crippen LogP contribution in [0, 0.1) is 6.92 Å². The standard InChI is InChI=1S/C18H16N2O3/c1-12-8-9-13-11-16(20(23-2)18(22)15(13)10-12)17(21)19-14-6-4-3-5-7-14/h3-11H,1-2H3,(H,19,21). The molecule has 1 aromatic heterocycles. The first kappa shape index (κ1) is 14.8. The molecule has 0 aliphatic rings. The molecule has 0 radical (unpaired) electrons. The fraction of sp³-hybridized carbons (Fsp3) is 0.111. The first-order chi connectivity index (χ1) is 11.1. The van der Waals surface area contributed by atoms with E-state index in [9.17, 15) is 9.59 Å². The number of nitrogens with one attached hydrogen (secondary N) is 1. The largest absolute Gasteiger partial charge is 0.413 e. The van der Waals surface area contributed by atoms with E-state index in [1.807, 2.05) is 37.3 Å². The van der Waals surface area contributed by atoms with E-state index in [0.717, 1.165) is 10.3 Å². The first-order valence-electron chi connectivity index (χ1n) is 7.17. The van der Waals surface area contributed by atoms with Gasteiger partial charge < -0.3 is 10.2 Å². The Bertz CT molecular complexity index is 930. The van der Waals surface area contributed by atoms with Crippen molar-refractivity contribution in [3.05, 3.63) is 76.2 Å². The van der Waals surface area contributed by atoms with Crippen molar-refractivity contribution in [2.75, 3.05) is 12.4 Å². The Labute approximate surface area is 133 Å². The smallest absolute Gasteiger partial charge is 0.291 e. The van der Waals surface area contributed by atoms with E-state index in [-0.39, 0.29) is 11.3 Å². The molecule has 0 unspecified atom stereocenters. The molecule has 1 heterocycles. The van der Waals surface area contributed by atoms with Gasteiger partial charge in [0.05, 0.1) is 5.39 Å². The fourth-order valence-electron chi connectivity index (χ4n) is 2.46. The number of anilines is 1. The van der Waals surface area contributed by atoms with Crippen LogP contribution < -0.4 is 15.7 Å². The molecule has 116 valence electrons. The number of carbonyl (C=O) groups excluding carboxylic acids is 1. The molecule has 1 N–H and O–H groups in total. The van der Waals surface area contributed by atoms with Crippen LogP contribution in [0.25, 0.3) is 10.8 Å². The number of para-hydroxylation sites is 1. The molecule has 23 heavy (non-hydrogen) atoms. The number of nitrogens with zero attached hydrogens (tertiary/aromatic N) is 1. The highest BCUT2D eigenvalue weighted by Crippen LogP contribution is 2.15. The summed E-state index contributed by atoms with van der Waals surface area (Å²) in [5.41, 5.74) is 1.42. The predicted octanol–water partition coefficient (Wildman–Crippen LogP) is 2.62. The predicted molar refractivity (Wildman–Crippen MR) is 89.8 cm³/mol. The lowest BCUT2D eigenvalue weighted by Gasteiger charge is -2.13. The van der Waals surface area contributed by atoms with Gasteiger partial charge in [0, 0.05) is 5.69 Å². The lowest BCUT2D eigenvalue weighted by Crippen LogP contribution is -2.32. The summed E-state index contributed by atoms with van der Waals surface area (Å²) >= 11 is 0. The number of hydrogen-bond donors (Lipinski definition) is 1. The van der Waals surface area contributed by atoms with Crippen LogP contribution in [0.3, 0.4) is 0 Å². The van der Waals surface area contributed by atoms with Gasteiger partial charge in [-0.15, -0.1) is 4.73 Å². The van der Waals surface area contributed by atoms with Gasteiger partial charge in [-0.25, -0.2) is 0 Å². The number of amides is 1. The van der Waals surface area contributed by atoms with Crippen molar-refractivity contribution in [3.63, 3.8) is 0 Å². The molecule has 0 saturated heterocycles. The van der Waals surface area contributed by atoms with Crippen molar-refractivity contribution in [2.24, 2.45) is 0 Å². The zero-order valence-electron chi connectivity index (χ0n) is 12.9. The second-order valence-electron chi connectivity index (χ2n) is 5.22. The first-order valence-corrected chi connectivity index (χ1v) is 7.17. The van der Waals surface area contributed by atoms with E-state index in [4.69, 9.17) is 4.84 Å². The van der Waals surface area contributed by atoms with E-state index in [1.54, 1.807) is 24.3 Å². The molecule has 0 aliphatic heterocycles. The minimum absolute atomic E-state index is 0.151. The highest BCUT2D eigenvalue weighted by molar-refractivity contribution is 6.05. The molecule has 3 aromatic rings. The van der Waals surface area contributed by atoms with Crippen LogP contribution in [0.1, 0.15) is 16.1 Å². The van der Waals surface area contributed by atoms with Crippen LogP contribution in [-0.2, 0) is 0 Å². The molecule has 0 spiro atoms. The Balaban J connectivity index is 2.11. The molecule has 3 rings (SSSR count). The molecule has 0 saturated carbocycles. The Kier molecular flexibility index (Phi) is 3.85. The molecule has 0 atom stereocenters. The Morgan fingerprint density at radius 3 is 2.52 bits per heavy atom. The zero-order chi connectivity index (χ0) is 16.4. The lowest BCUT2D eigenvalue weighted by atomic mass is 10.1. The van der Waals surface area contributed by atoms with Crippen molar-refractivity contribution >= 4 is 22.4 Å². The molecular weight excluding hydrogens is 292 g/mol. The van der Waals surface area contributed by atoms with Crippen LogP contribution in [0.5, 0.6) is 0 Å². The molecule has 5 nitrogen and oxygen atoms in total. The van der Waals surface area contributed by atoms with Crippen molar-refractivity contribution in [3.8, 4) is 0 Å². The van der Waals surface area contributed by atoms with Gasteiger partial charge in [0.2, 0.25) is 0 Å². The summed E-state index contributed by atoms with van der Waals surface area (Å²) in [6, 6.07) is 16.2. The second kappa shape index (κ2) is 5.96. The Morgan fingerprint density at radius 1 is 1.09 bits per heavy atom. The van der Waals surface area contributed by atoms with Crippen molar-refractivity contribution in [1.29, 1.82) is 0 Å². The van der Waals surface area contributed by atoms with Gasteiger partial charge >= 0.3 is 0 Å². The fourth-order valence-corrected chi connectivity index (χ4v) is 2.46. The van der Waals surface area contributed by atoms with E-state index in [2.05, 4.69) is 5.32 Å². The van der Waals surface area contributed by atoms with E-state index in [0.29, 0.717) is 16.5 Å². The maximum Gasteiger partial charge on any atom is 0.291 e. The summed E-state index contributed by atoms with van der Waals surface area (Å²) in [6.45, 7) is 1.91. The molecule has 5 heteroatoms. The number of hydrogen-bond acceptors (Lipinski definition) is 3. The van der Waals surface area contributed by atoms with Crippen molar-refractivity contribution < 1.29 is 9.63 Å². The van der Waals surface area contributed by atoms with Crippen LogP contribution in [0.15, 0.2) is 59.4 Å². The monoisotopic (exact) mass is 308 g/mol. The van der Waals surface area contributed by atoms with E-state index in [1.165, 1.54) is 7.11 Å². The van der Waals surface area contributed by atoms with Gasteiger partial charge in [-0.2, -0.15) is 0 Å². The third-order valence-electron chi connectivity index (χ3n) is 3.58. The van der Waals surface area contributed by atoms with Gasteiger partial charge in [0.15, 0.2) is 0 Å². The maximum absolute atomic E-state index is 12.5. The van der Waals surface area contributed by atoms with E-state index >= 15 is 0 Å². The lowest BCUT2D eigenvalue weighted by molar-refractivity contribution is 0.0952. The van der Waals surface area contributed by atoms with Gasteiger partial charge in [-0.1, -0.05) is 35.9 Å². The summed E-state index contributed by atoms with van der Waals surface area (Å²) in [5, 5.41) is 3.98. The second-order valence-corrected chi connectivity index (χ2v) is 5.22. The van der Waals surface area contributed by atoms with Crippen LogP contribution in [-0.4, -0.2) is 17.7 Å². The summed E-state index contributed by atoms with van der Waals surface area (Å²) in [4.78, 5) is 30.2. The number of aryl methyl sites for hydroxylation is 1. The molecule has 0 fully saturated rings. The van der Waals surface area contributed by atoms with Crippen LogP contribution in [0.4, 0.5) is 5.69 Å². The number of benzene rings is 2. The minimum atomic E-state index is -0.405. The molecular formula is C18H16N2O3. The number of aromatic nitrogens is 1. The van der Waals surface area contributed by atoms with Gasteiger partial charge in [0.25, 0.3) is 11.5 Å². The average molecular weight is 308 g/mol. The van der Waals surface area contributed by atoms with Crippen LogP contribution >= 0.6 is 0 Å². The Morgan fingerprint density at radius 2 is 1.83 bits per heavy atom. The van der Waals surface area contributed by atoms with Gasteiger partial charge in [-0.05, 0) is 36.6 Å². The zero-order valence-corrected chi connectivity index (χ0v) is 12.9. The molecule has 2 aromatic carbocycles. The number of rotatable bonds is 3. The molecule has 0 bridgehead atoms. The van der Waals surface area contributed by atoms with Gasteiger partial charge in [-0.3, -0.25) is 9.59 Å². The minimum Gasteiger partial charge on any atom is -0.413 e. The third-order valence-corrected chi connectivity index (χ3v) is 3.58. The topological polar surface area (TPSA) is 60.3 Å². The highest BCUT2D eigenvalue weighted by atomic mass is 16.6. The quantitative estimate of drug-likeness (QED) is 0.809. The number of carbonyl (C=O) groups is 1. The van der Waals surface area contributed by atoms with Crippen LogP contribution in [0.2, 0.25) is 0 Å². The summed E-state index contributed by atoms with van der Waals surface area (Å²) in [7, 11) is 1.36. The summed E-state index contributed by atoms with van der Waals surface area (Å²) in [6.07, 6.45) is 0. The SMILES string of the molecule is COn1c(C(=O)Nc2ccccc2)cc2ccc(C)cc2c1=O. The van der Waals surface area contributed by atoms with E-state index < -0.39 is 5.91 Å². The molecule has 1 amide bonds. The summed E-state index contributed by atoms with van der Waals surface area (Å²) < 4.78 is 1.01. The number of fused-ring (bicyclic) bond motifs is 1. The van der Waals surface area contributed by atoms with Crippen molar-refractivity contribution in [1.82, 2.24) is 4.73 Å². The van der Waals surface area contributed by atoms with Gasteiger partial charge in [0.1, 0.15) is 12.8 Å². The van der Waals surface area contributed by atoms with Crippen molar-refractivity contribution in [2.45, 2.75) is 6.92 Å². The number of pyridine rings is 1. The maximum atomic E-state index is 12.5. The average Bonchev–Trinajstić information content (AvgIpc) is 2.56. The molecule has 0 aliphatic carbocycles. The Hall–Kier alpha value is -3.08. The highest BCUT2D eigenvalue weighted by Gasteiger charge is 2.16. The third kappa shape index (κ3) is 2.81. The summed E-state index contributed by atoms with van der Waals surface area (Å²) in [5.74, 6) is -0.405. The normalized spacial score (nSPS) is 10.5.